The van der Waals surface area contributed by atoms with Crippen LogP contribution in [0.2, 0.25) is 0 Å². The summed E-state index contributed by atoms with van der Waals surface area (Å²) >= 11 is 0. The molecule has 0 atom stereocenters. The molecule has 0 spiro atoms. The first-order chi connectivity index (χ1) is 9.54. The number of rotatable bonds is 8. The summed E-state index contributed by atoms with van der Waals surface area (Å²) in [5, 5.41) is 0. The molecule has 116 valence electrons. The van der Waals surface area contributed by atoms with Crippen LogP contribution in [0.15, 0.2) is 0 Å². The number of ether oxygens (including phenoxy) is 4. The molecule has 6 nitrogen and oxygen atoms in total. The lowest BCUT2D eigenvalue weighted by molar-refractivity contribution is -0.259. The van der Waals surface area contributed by atoms with Gasteiger partial charge in [-0.05, 0) is 12.8 Å². The summed E-state index contributed by atoms with van der Waals surface area (Å²) in [6, 6.07) is 0. The van der Waals surface area contributed by atoms with E-state index in [9.17, 15) is 9.59 Å². The Kier molecular flexibility index (Phi) is 7.54. The van der Waals surface area contributed by atoms with Gasteiger partial charge in [0.25, 0.3) is 0 Å². The Morgan fingerprint density at radius 3 is 1.65 bits per heavy atom. The third-order valence-electron chi connectivity index (χ3n) is 3.12. The second-order valence-electron chi connectivity index (χ2n) is 4.85. The predicted octanol–water partition coefficient (Wildman–Crippen LogP) is 1.81. The summed E-state index contributed by atoms with van der Waals surface area (Å²) in [5.74, 6) is -1.26. The first-order valence-corrected chi connectivity index (χ1v) is 7.09. The summed E-state index contributed by atoms with van der Waals surface area (Å²) < 4.78 is 21.3. The third-order valence-corrected chi connectivity index (χ3v) is 3.12. The third kappa shape index (κ3) is 6.86. The number of carbonyl (C=O) groups is 2. The summed E-state index contributed by atoms with van der Waals surface area (Å²) in [6.45, 7) is 3.81. The van der Waals surface area contributed by atoms with Crippen LogP contribution in [-0.4, -0.2) is 44.2 Å². The molecule has 0 N–H and O–H groups in total. The van der Waals surface area contributed by atoms with Gasteiger partial charge < -0.3 is 18.9 Å². The van der Waals surface area contributed by atoms with Gasteiger partial charge in [0.05, 0.1) is 13.2 Å². The van der Waals surface area contributed by atoms with Gasteiger partial charge in [0, 0.05) is 26.7 Å². The minimum absolute atomic E-state index is 0.227. The van der Waals surface area contributed by atoms with Crippen LogP contribution >= 0.6 is 0 Å². The Labute approximate surface area is 119 Å². The van der Waals surface area contributed by atoms with Crippen molar-refractivity contribution in [2.45, 2.75) is 51.7 Å². The molecule has 1 aliphatic carbocycles. The molecule has 1 fully saturated rings. The van der Waals surface area contributed by atoms with Gasteiger partial charge in [0.15, 0.2) is 5.79 Å². The standard InChI is InChI=1S/C14H24O6/c1-12(15)17-8-10-19-14(6-4-3-5-7-14)20-11-9-18-13(2)16/h3-11H2,1-2H3. The Balaban J connectivity index is 2.32. The lowest BCUT2D eigenvalue weighted by atomic mass is 9.94. The molecule has 1 aliphatic rings. The fraction of sp³-hybridized carbons (Fsp3) is 0.857. The highest BCUT2D eigenvalue weighted by atomic mass is 16.7. The SMILES string of the molecule is CC(=O)OCCOC1(OCCOC(C)=O)CCCCC1. The fourth-order valence-electron chi connectivity index (χ4n) is 2.25. The molecule has 0 unspecified atom stereocenters. The van der Waals surface area contributed by atoms with E-state index in [0.29, 0.717) is 13.2 Å². The van der Waals surface area contributed by atoms with Crippen molar-refractivity contribution in [2.75, 3.05) is 26.4 Å². The van der Waals surface area contributed by atoms with Crippen molar-refractivity contribution in [3.8, 4) is 0 Å². The average molecular weight is 288 g/mol. The van der Waals surface area contributed by atoms with Crippen molar-refractivity contribution in [3.63, 3.8) is 0 Å². The molecule has 0 heterocycles. The summed E-state index contributed by atoms with van der Waals surface area (Å²) in [7, 11) is 0. The molecule has 0 aliphatic heterocycles. The topological polar surface area (TPSA) is 71.1 Å². The molecule has 20 heavy (non-hydrogen) atoms. The predicted molar refractivity (Wildman–Crippen MR) is 71.0 cm³/mol. The molecule has 0 aromatic heterocycles. The number of carbonyl (C=O) groups excluding carboxylic acids is 2. The fourth-order valence-corrected chi connectivity index (χ4v) is 2.25. The van der Waals surface area contributed by atoms with Crippen LogP contribution in [0.5, 0.6) is 0 Å². The van der Waals surface area contributed by atoms with E-state index >= 15 is 0 Å². The van der Waals surface area contributed by atoms with Gasteiger partial charge in [-0.25, -0.2) is 0 Å². The molecular weight excluding hydrogens is 264 g/mol. The van der Waals surface area contributed by atoms with Crippen molar-refractivity contribution in [1.29, 1.82) is 0 Å². The molecule has 0 bridgehead atoms. The smallest absolute Gasteiger partial charge is 0.302 e. The van der Waals surface area contributed by atoms with Gasteiger partial charge in [0.2, 0.25) is 0 Å². The molecule has 1 saturated carbocycles. The number of esters is 2. The Morgan fingerprint density at radius 1 is 0.800 bits per heavy atom. The maximum Gasteiger partial charge on any atom is 0.302 e. The number of hydrogen-bond donors (Lipinski definition) is 0. The zero-order chi connectivity index (χ0) is 14.8. The van der Waals surface area contributed by atoms with Crippen molar-refractivity contribution >= 4 is 11.9 Å². The molecule has 6 heteroatoms. The van der Waals surface area contributed by atoms with Crippen LogP contribution in [0.25, 0.3) is 0 Å². The maximum absolute atomic E-state index is 10.7. The molecule has 0 saturated heterocycles. The monoisotopic (exact) mass is 288 g/mol. The van der Waals surface area contributed by atoms with Gasteiger partial charge in [-0.3, -0.25) is 9.59 Å². The van der Waals surface area contributed by atoms with Crippen LogP contribution < -0.4 is 0 Å². The summed E-state index contributed by atoms with van der Waals surface area (Å²) in [5.41, 5.74) is 0. The van der Waals surface area contributed by atoms with Crippen molar-refractivity contribution in [2.24, 2.45) is 0 Å². The van der Waals surface area contributed by atoms with Crippen LogP contribution in [-0.2, 0) is 28.5 Å². The minimum Gasteiger partial charge on any atom is -0.463 e. The van der Waals surface area contributed by atoms with Crippen molar-refractivity contribution in [3.05, 3.63) is 0 Å². The second kappa shape index (κ2) is 8.92. The molecule has 0 amide bonds. The van der Waals surface area contributed by atoms with Gasteiger partial charge in [-0.15, -0.1) is 0 Å². The average Bonchev–Trinajstić information content (AvgIpc) is 2.41. The Morgan fingerprint density at radius 2 is 1.25 bits per heavy atom. The second-order valence-corrected chi connectivity index (χ2v) is 4.85. The number of hydrogen-bond acceptors (Lipinski definition) is 6. The normalized spacial score (nSPS) is 17.5. The van der Waals surface area contributed by atoms with Crippen molar-refractivity contribution in [1.82, 2.24) is 0 Å². The largest absolute Gasteiger partial charge is 0.463 e. The molecule has 1 rings (SSSR count). The van der Waals surface area contributed by atoms with Gasteiger partial charge in [0.1, 0.15) is 13.2 Å². The van der Waals surface area contributed by atoms with E-state index in [4.69, 9.17) is 18.9 Å². The zero-order valence-electron chi connectivity index (χ0n) is 12.3. The van der Waals surface area contributed by atoms with Gasteiger partial charge in [-0.1, -0.05) is 6.42 Å². The van der Waals surface area contributed by atoms with E-state index in [0.717, 1.165) is 25.7 Å². The van der Waals surface area contributed by atoms with Crippen LogP contribution in [0.3, 0.4) is 0 Å². The Hall–Kier alpha value is -1.14. The quantitative estimate of drug-likeness (QED) is 0.385. The van der Waals surface area contributed by atoms with Crippen molar-refractivity contribution < 1.29 is 28.5 Å². The van der Waals surface area contributed by atoms with E-state index in [1.54, 1.807) is 0 Å². The Bertz CT molecular complexity index is 285. The van der Waals surface area contributed by atoms with Crippen LogP contribution in [0.4, 0.5) is 0 Å². The van der Waals surface area contributed by atoms with E-state index in [1.807, 2.05) is 0 Å². The van der Waals surface area contributed by atoms with Gasteiger partial charge >= 0.3 is 11.9 Å². The van der Waals surface area contributed by atoms with Gasteiger partial charge in [-0.2, -0.15) is 0 Å². The summed E-state index contributed by atoms with van der Waals surface area (Å²) in [4.78, 5) is 21.4. The molecule has 0 aromatic rings. The minimum atomic E-state index is -0.626. The van der Waals surface area contributed by atoms with E-state index in [-0.39, 0.29) is 25.2 Å². The highest BCUT2D eigenvalue weighted by Gasteiger charge is 2.33. The highest BCUT2D eigenvalue weighted by molar-refractivity contribution is 5.66. The molecule has 0 radical (unpaired) electrons. The zero-order valence-corrected chi connectivity index (χ0v) is 12.3. The first-order valence-electron chi connectivity index (χ1n) is 7.09. The van der Waals surface area contributed by atoms with E-state index in [2.05, 4.69) is 0 Å². The summed E-state index contributed by atoms with van der Waals surface area (Å²) in [6.07, 6.45) is 4.88. The molecular formula is C14H24O6. The maximum atomic E-state index is 10.7. The van der Waals surface area contributed by atoms with E-state index < -0.39 is 5.79 Å². The van der Waals surface area contributed by atoms with E-state index in [1.165, 1.54) is 20.3 Å². The van der Waals surface area contributed by atoms with Crippen LogP contribution in [0.1, 0.15) is 46.0 Å². The highest BCUT2D eigenvalue weighted by Crippen LogP contribution is 2.32. The van der Waals surface area contributed by atoms with Crippen LogP contribution in [0, 0.1) is 0 Å². The lowest BCUT2D eigenvalue weighted by Crippen LogP contribution is -2.40. The molecule has 0 aromatic carbocycles. The lowest BCUT2D eigenvalue weighted by Gasteiger charge is -2.36. The first kappa shape index (κ1) is 16.9.